The first-order valence-corrected chi connectivity index (χ1v) is 8.20. The third-order valence-electron chi connectivity index (χ3n) is 4.65. The molecule has 126 valence electrons. The molecule has 1 N–H and O–H groups in total. The summed E-state index contributed by atoms with van der Waals surface area (Å²) in [5.41, 5.74) is 0.193. The fraction of sp³-hybridized carbons (Fsp3) is 0.812. The van der Waals surface area contributed by atoms with E-state index in [-0.39, 0.29) is 11.4 Å². The highest BCUT2D eigenvalue weighted by molar-refractivity contribution is 5.74. The minimum absolute atomic E-state index is 0.212. The molecular formula is C16H27F2N3O. The molecule has 0 saturated carbocycles. The molecular weight excluding hydrogens is 288 g/mol. The Kier molecular flexibility index (Phi) is 5.78. The average molecular weight is 315 g/mol. The van der Waals surface area contributed by atoms with Crippen LogP contribution >= 0.6 is 0 Å². The number of ether oxygens (including phenoxy) is 1. The van der Waals surface area contributed by atoms with Gasteiger partial charge >= 0.3 is 0 Å². The molecule has 0 aromatic carbocycles. The lowest BCUT2D eigenvalue weighted by atomic mass is 9.95. The molecule has 2 heterocycles. The van der Waals surface area contributed by atoms with Crippen molar-refractivity contribution in [1.82, 2.24) is 10.2 Å². The summed E-state index contributed by atoms with van der Waals surface area (Å²) < 4.78 is 33.2. The fourth-order valence-corrected chi connectivity index (χ4v) is 3.47. The first kappa shape index (κ1) is 17.2. The summed E-state index contributed by atoms with van der Waals surface area (Å²) in [6, 6.07) is 0.309. The van der Waals surface area contributed by atoms with Crippen LogP contribution in [0.5, 0.6) is 0 Å². The monoisotopic (exact) mass is 315 g/mol. The zero-order chi connectivity index (χ0) is 16.2. The zero-order valence-corrected chi connectivity index (χ0v) is 13.8. The van der Waals surface area contributed by atoms with Gasteiger partial charge in [0, 0.05) is 20.0 Å². The number of nitrogens with zero attached hydrogens (tertiary/aromatic N) is 2. The predicted molar refractivity (Wildman–Crippen MR) is 84.2 cm³/mol. The second-order valence-electron chi connectivity index (χ2n) is 6.09. The first-order valence-electron chi connectivity index (χ1n) is 8.20. The van der Waals surface area contributed by atoms with E-state index < -0.39 is 6.17 Å². The second-order valence-corrected chi connectivity index (χ2v) is 6.09. The normalized spacial score (nSPS) is 30.2. The molecule has 2 saturated heterocycles. The molecule has 0 aliphatic carbocycles. The molecule has 2 aliphatic rings. The Labute approximate surface area is 131 Å². The van der Waals surface area contributed by atoms with Crippen LogP contribution in [-0.4, -0.2) is 49.4 Å². The molecule has 0 amide bonds. The van der Waals surface area contributed by atoms with E-state index in [1.807, 2.05) is 6.92 Å². The Hall–Kier alpha value is -1.17. The van der Waals surface area contributed by atoms with Gasteiger partial charge in [0.2, 0.25) is 0 Å². The van der Waals surface area contributed by atoms with Gasteiger partial charge in [0.1, 0.15) is 18.6 Å². The van der Waals surface area contributed by atoms with E-state index in [4.69, 9.17) is 4.74 Å². The third-order valence-corrected chi connectivity index (χ3v) is 4.65. The Balaban J connectivity index is 2.05. The summed E-state index contributed by atoms with van der Waals surface area (Å²) in [6.07, 6.45) is 2.60. The van der Waals surface area contributed by atoms with Gasteiger partial charge in [-0.25, -0.2) is 8.78 Å². The van der Waals surface area contributed by atoms with E-state index in [9.17, 15) is 8.78 Å². The summed E-state index contributed by atoms with van der Waals surface area (Å²) in [5.74, 6) is -0.218. The summed E-state index contributed by atoms with van der Waals surface area (Å²) in [6.45, 7) is 5.46. The third kappa shape index (κ3) is 3.59. The quantitative estimate of drug-likeness (QED) is 0.625. The molecule has 2 fully saturated rings. The molecule has 2 atom stereocenters. The number of fused-ring (bicyclic) bond motifs is 1. The van der Waals surface area contributed by atoms with Crippen molar-refractivity contribution in [3.8, 4) is 0 Å². The molecule has 2 aliphatic heterocycles. The van der Waals surface area contributed by atoms with Crippen molar-refractivity contribution in [3.63, 3.8) is 0 Å². The van der Waals surface area contributed by atoms with Gasteiger partial charge in [0.05, 0.1) is 11.2 Å². The number of halogens is 2. The van der Waals surface area contributed by atoms with Crippen LogP contribution in [0.4, 0.5) is 8.78 Å². The maximum absolute atomic E-state index is 13.7. The van der Waals surface area contributed by atoms with Crippen LogP contribution in [0, 0.1) is 0 Å². The van der Waals surface area contributed by atoms with Gasteiger partial charge in [-0.2, -0.15) is 4.99 Å². The molecule has 2 rings (SSSR count). The molecule has 6 heteroatoms. The van der Waals surface area contributed by atoms with Gasteiger partial charge in [-0.15, -0.1) is 0 Å². The van der Waals surface area contributed by atoms with Crippen LogP contribution in [0.15, 0.2) is 16.5 Å². The summed E-state index contributed by atoms with van der Waals surface area (Å²) in [7, 11) is 1.70. The van der Waals surface area contributed by atoms with E-state index in [0.29, 0.717) is 44.1 Å². The Bertz CT molecular complexity index is 453. The van der Waals surface area contributed by atoms with E-state index in [2.05, 4.69) is 15.2 Å². The number of rotatable bonds is 5. The standard InChI is InChI=1S/C16H27F2N3O/c1-4-13(18)14(5-2)20-15(19-3)22-11-16-7-6-8-21(16)10-12(17)9-16/h12H,4-11H2,1-3H3,(H,19,20)/b14-13-/t12-,16+/m1/s1. The number of aliphatic imine (C=N–C) groups is 1. The van der Waals surface area contributed by atoms with Crippen molar-refractivity contribution in [2.75, 3.05) is 26.7 Å². The Morgan fingerprint density at radius 1 is 1.41 bits per heavy atom. The average Bonchev–Trinajstić information content (AvgIpc) is 3.02. The SMILES string of the molecule is CC/C(F)=C(CC)/N=C(\NC)OC[C@@]12CCCN1C[C@H](F)C2. The molecule has 0 aromatic rings. The van der Waals surface area contributed by atoms with Crippen LogP contribution in [-0.2, 0) is 4.74 Å². The molecule has 0 aromatic heterocycles. The number of hydrogen-bond donors (Lipinski definition) is 1. The van der Waals surface area contributed by atoms with Crippen LogP contribution < -0.4 is 5.32 Å². The van der Waals surface area contributed by atoms with Crippen molar-refractivity contribution in [1.29, 1.82) is 0 Å². The first-order chi connectivity index (χ1) is 10.5. The van der Waals surface area contributed by atoms with Crippen LogP contribution in [0.3, 0.4) is 0 Å². The lowest BCUT2D eigenvalue weighted by Crippen LogP contribution is -2.44. The highest BCUT2D eigenvalue weighted by Crippen LogP contribution is 2.40. The zero-order valence-electron chi connectivity index (χ0n) is 13.8. The van der Waals surface area contributed by atoms with Crippen molar-refractivity contribution in [2.24, 2.45) is 4.99 Å². The minimum Gasteiger partial charge on any atom is -0.463 e. The van der Waals surface area contributed by atoms with Gasteiger partial charge in [-0.1, -0.05) is 13.8 Å². The van der Waals surface area contributed by atoms with Crippen molar-refractivity contribution < 1.29 is 13.5 Å². The Morgan fingerprint density at radius 2 is 2.18 bits per heavy atom. The van der Waals surface area contributed by atoms with Gasteiger partial charge in [-0.05, 0) is 32.2 Å². The largest absolute Gasteiger partial charge is 0.463 e. The smallest absolute Gasteiger partial charge is 0.289 e. The second kappa shape index (κ2) is 7.40. The Morgan fingerprint density at radius 3 is 2.82 bits per heavy atom. The molecule has 22 heavy (non-hydrogen) atoms. The maximum atomic E-state index is 13.7. The summed E-state index contributed by atoms with van der Waals surface area (Å²) in [4.78, 5) is 6.44. The highest BCUT2D eigenvalue weighted by atomic mass is 19.1. The van der Waals surface area contributed by atoms with E-state index in [1.165, 1.54) is 0 Å². The molecule has 0 radical (unpaired) electrons. The van der Waals surface area contributed by atoms with Gasteiger partial charge in [-0.3, -0.25) is 4.90 Å². The topological polar surface area (TPSA) is 36.9 Å². The van der Waals surface area contributed by atoms with Crippen molar-refractivity contribution >= 4 is 6.02 Å². The predicted octanol–water partition coefficient (Wildman–Crippen LogP) is 3.16. The highest BCUT2D eigenvalue weighted by Gasteiger charge is 2.49. The van der Waals surface area contributed by atoms with Crippen LogP contribution in [0.25, 0.3) is 0 Å². The fourth-order valence-electron chi connectivity index (χ4n) is 3.47. The van der Waals surface area contributed by atoms with Gasteiger partial charge < -0.3 is 10.1 Å². The summed E-state index contributed by atoms with van der Waals surface area (Å²) in [5, 5.41) is 2.87. The molecule has 0 bridgehead atoms. The number of hydrogen-bond acceptors (Lipinski definition) is 3. The van der Waals surface area contributed by atoms with Gasteiger partial charge in [0.25, 0.3) is 6.02 Å². The van der Waals surface area contributed by atoms with Crippen LogP contribution in [0.1, 0.15) is 46.0 Å². The lowest BCUT2D eigenvalue weighted by molar-refractivity contribution is 0.104. The molecule has 0 unspecified atom stereocenters. The van der Waals surface area contributed by atoms with Crippen LogP contribution in [0.2, 0.25) is 0 Å². The summed E-state index contributed by atoms with van der Waals surface area (Å²) >= 11 is 0. The van der Waals surface area contributed by atoms with E-state index in [1.54, 1.807) is 14.0 Å². The lowest BCUT2D eigenvalue weighted by Gasteiger charge is -2.31. The number of amidine groups is 1. The van der Waals surface area contributed by atoms with E-state index in [0.717, 1.165) is 19.4 Å². The van der Waals surface area contributed by atoms with E-state index >= 15 is 0 Å². The number of alkyl halides is 1. The van der Waals surface area contributed by atoms with Gasteiger partial charge in [0.15, 0.2) is 0 Å². The van der Waals surface area contributed by atoms with Crippen molar-refractivity contribution in [3.05, 3.63) is 11.5 Å². The van der Waals surface area contributed by atoms with Crippen molar-refractivity contribution in [2.45, 2.75) is 57.7 Å². The molecule has 0 spiro atoms. The number of allylic oxidation sites excluding steroid dienone is 2. The maximum Gasteiger partial charge on any atom is 0.289 e. The molecule has 4 nitrogen and oxygen atoms in total. The minimum atomic E-state index is -0.775. The number of nitrogens with one attached hydrogen (secondary N) is 1.